The Balaban J connectivity index is 1.61. The van der Waals surface area contributed by atoms with Gasteiger partial charge in [0.25, 0.3) is 0 Å². The first kappa shape index (κ1) is 11.9. The molecule has 1 heteroatoms. The van der Waals surface area contributed by atoms with Crippen LogP contribution in [0.3, 0.4) is 0 Å². The quantitative estimate of drug-likeness (QED) is 0.669. The first-order valence-electron chi connectivity index (χ1n) is 6.16. The molecule has 0 amide bonds. The first-order chi connectivity index (χ1) is 8.45. The van der Waals surface area contributed by atoms with Crippen molar-refractivity contribution >= 4 is 0 Å². The molecule has 0 aliphatic carbocycles. The summed E-state index contributed by atoms with van der Waals surface area (Å²) in [5, 5.41) is 4.56. The molecule has 0 atom stereocenters. The highest BCUT2D eigenvalue weighted by atomic mass is 14.8. The van der Waals surface area contributed by atoms with Crippen molar-refractivity contribution in [2.24, 2.45) is 0 Å². The van der Waals surface area contributed by atoms with Gasteiger partial charge in [0.2, 0.25) is 0 Å². The van der Waals surface area contributed by atoms with E-state index in [1.807, 2.05) is 0 Å². The van der Waals surface area contributed by atoms with Gasteiger partial charge in [-0.25, -0.2) is 5.32 Å². The van der Waals surface area contributed by atoms with Crippen molar-refractivity contribution in [3.63, 3.8) is 0 Å². The Bertz CT molecular complexity index is 367. The molecule has 0 unspecified atom stereocenters. The van der Waals surface area contributed by atoms with E-state index in [1.165, 1.54) is 11.1 Å². The van der Waals surface area contributed by atoms with E-state index in [2.05, 4.69) is 66.0 Å². The maximum atomic E-state index is 4.56. The minimum atomic E-state index is 0.927. The minimum Gasteiger partial charge on any atom is -0.241 e. The fourth-order valence-electron chi connectivity index (χ4n) is 1.82. The van der Waals surface area contributed by atoms with E-state index in [4.69, 9.17) is 0 Å². The Morgan fingerprint density at radius 3 is 1.41 bits per heavy atom. The van der Waals surface area contributed by atoms with Gasteiger partial charge in [-0.3, -0.25) is 0 Å². The molecule has 1 radical (unpaired) electrons. The summed E-state index contributed by atoms with van der Waals surface area (Å²) in [4.78, 5) is 0. The van der Waals surface area contributed by atoms with E-state index in [1.54, 1.807) is 0 Å². The van der Waals surface area contributed by atoms with Gasteiger partial charge in [0.1, 0.15) is 0 Å². The number of hydrogen-bond donors (Lipinski definition) is 0. The summed E-state index contributed by atoms with van der Waals surface area (Å²) >= 11 is 0. The lowest BCUT2D eigenvalue weighted by molar-refractivity contribution is 0.668. The highest BCUT2D eigenvalue weighted by Crippen LogP contribution is 2.00. The Kier molecular flexibility index (Phi) is 4.80. The summed E-state index contributed by atoms with van der Waals surface area (Å²) in [6.45, 7) is 1.85. The summed E-state index contributed by atoms with van der Waals surface area (Å²) in [5.74, 6) is 0. The van der Waals surface area contributed by atoms with Crippen molar-refractivity contribution in [1.82, 2.24) is 5.32 Å². The first-order valence-corrected chi connectivity index (χ1v) is 6.16. The monoisotopic (exact) mass is 224 g/mol. The third-order valence-electron chi connectivity index (χ3n) is 2.80. The van der Waals surface area contributed by atoms with Crippen LogP contribution in [0.15, 0.2) is 60.7 Å². The number of hydrogen-bond acceptors (Lipinski definition) is 0. The van der Waals surface area contributed by atoms with Crippen LogP contribution in [-0.2, 0) is 12.8 Å². The van der Waals surface area contributed by atoms with E-state index in [0.717, 1.165) is 25.9 Å². The zero-order valence-corrected chi connectivity index (χ0v) is 10.0. The Morgan fingerprint density at radius 2 is 1.00 bits per heavy atom. The molecule has 0 aliphatic heterocycles. The Hall–Kier alpha value is -1.60. The molecule has 0 N–H and O–H groups in total. The molecule has 0 saturated heterocycles. The lowest BCUT2D eigenvalue weighted by atomic mass is 10.1. The smallest absolute Gasteiger partial charge is 0.0174 e. The molecule has 0 aliphatic rings. The van der Waals surface area contributed by atoms with Crippen LogP contribution in [0.4, 0.5) is 0 Å². The normalized spacial score (nSPS) is 10.4. The summed E-state index contributed by atoms with van der Waals surface area (Å²) in [6.07, 6.45) is 2.10. The van der Waals surface area contributed by atoms with E-state index in [9.17, 15) is 0 Å². The van der Waals surface area contributed by atoms with Crippen LogP contribution in [0.2, 0.25) is 0 Å². The second kappa shape index (κ2) is 6.87. The van der Waals surface area contributed by atoms with Crippen LogP contribution in [0, 0.1) is 0 Å². The Morgan fingerprint density at radius 1 is 0.588 bits per heavy atom. The van der Waals surface area contributed by atoms with Gasteiger partial charge in [-0.15, -0.1) is 0 Å². The topological polar surface area (TPSA) is 14.1 Å². The van der Waals surface area contributed by atoms with Crippen molar-refractivity contribution in [2.45, 2.75) is 12.8 Å². The molecule has 2 aromatic rings. The summed E-state index contributed by atoms with van der Waals surface area (Å²) in [6, 6.07) is 21.1. The summed E-state index contributed by atoms with van der Waals surface area (Å²) in [7, 11) is 0. The van der Waals surface area contributed by atoms with Gasteiger partial charge in [-0.1, -0.05) is 60.7 Å². The fraction of sp³-hybridized carbons (Fsp3) is 0.250. The molecule has 0 fully saturated rings. The maximum absolute atomic E-state index is 4.56. The van der Waals surface area contributed by atoms with Crippen molar-refractivity contribution < 1.29 is 0 Å². The van der Waals surface area contributed by atoms with Crippen LogP contribution in [-0.4, -0.2) is 13.1 Å². The molecular weight excluding hydrogens is 206 g/mol. The van der Waals surface area contributed by atoms with E-state index in [-0.39, 0.29) is 0 Å². The predicted octanol–water partition coefficient (Wildman–Crippen LogP) is 3.08. The van der Waals surface area contributed by atoms with Crippen molar-refractivity contribution in [1.29, 1.82) is 0 Å². The van der Waals surface area contributed by atoms with Gasteiger partial charge >= 0.3 is 0 Å². The van der Waals surface area contributed by atoms with Crippen LogP contribution >= 0.6 is 0 Å². The lowest BCUT2D eigenvalue weighted by Gasteiger charge is -2.03. The summed E-state index contributed by atoms with van der Waals surface area (Å²) in [5.41, 5.74) is 2.74. The van der Waals surface area contributed by atoms with Gasteiger partial charge < -0.3 is 0 Å². The molecule has 2 rings (SSSR count). The van der Waals surface area contributed by atoms with Crippen LogP contribution < -0.4 is 5.32 Å². The highest BCUT2D eigenvalue weighted by molar-refractivity contribution is 5.15. The SMILES string of the molecule is c1ccc(CC[N]CCc2ccccc2)cc1. The minimum absolute atomic E-state index is 0.927. The Labute approximate surface area is 103 Å². The predicted molar refractivity (Wildman–Crippen MR) is 72.2 cm³/mol. The van der Waals surface area contributed by atoms with Gasteiger partial charge in [-0.05, 0) is 24.0 Å². The van der Waals surface area contributed by atoms with Crippen molar-refractivity contribution in [2.75, 3.05) is 13.1 Å². The van der Waals surface area contributed by atoms with Gasteiger partial charge in [0.15, 0.2) is 0 Å². The molecule has 0 aromatic heterocycles. The molecule has 0 saturated carbocycles. The van der Waals surface area contributed by atoms with E-state index in [0.29, 0.717) is 0 Å². The molecule has 0 bridgehead atoms. The van der Waals surface area contributed by atoms with Crippen molar-refractivity contribution in [3.8, 4) is 0 Å². The van der Waals surface area contributed by atoms with E-state index < -0.39 is 0 Å². The van der Waals surface area contributed by atoms with Crippen LogP contribution in [0.1, 0.15) is 11.1 Å². The molecule has 0 spiro atoms. The molecule has 17 heavy (non-hydrogen) atoms. The highest BCUT2D eigenvalue weighted by Gasteiger charge is 1.94. The van der Waals surface area contributed by atoms with Gasteiger partial charge in [0.05, 0.1) is 0 Å². The lowest BCUT2D eigenvalue weighted by Crippen LogP contribution is -2.12. The third-order valence-corrected chi connectivity index (χ3v) is 2.80. The van der Waals surface area contributed by atoms with Crippen LogP contribution in [0.5, 0.6) is 0 Å². The average Bonchev–Trinajstić information content (AvgIpc) is 2.41. The van der Waals surface area contributed by atoms with Crippen molar-refractivity contribution in [3.05, 3.63) is 71.8 Å². The fourth-order valence-corrected chi connectivity index (χ4v) is 1.82. The molecule has 0 heterocycles. The van der Waals surface area contributed by atoms with Crippen LogP contribution in [0.25, 0.3) is 0 Å². The second-order valence-electron chi connectivity index (χ2n) is 4.14. The maximum Gasteiger partial charge on any atom is 0.0174 e. The summed E-state index contributed by atoms with van der Waals surface area (Å²) < 4.78 is 0. The number of nitrogens with zero attached hydrogens (tertiary/aromatic N) is 1. The second-order valence-corrected chi connectivity index (χ2v) is 4.14. The molecule has 2 aromatic carbocycles. The number of benzene rings is 2. The largest absolute Gasteiger partial charge is 0.241 e. The molecule has 1 nitrogen and oxygen atoms in total. The zero-order chi connectivity index (χ0) is 11.8. The molecular formula is C16H18N. The third kappa shape index (κ3) is 4.41. The van der Waals surface area contributed by atoms with E-state index >= 15 is 0 Å². The average molecular weight is 224 g/mol. The zero-order valence-electron chi connectivity index (χ0n) is 10.0. The molecule has 87 valence electrons. The standard InChI is InChI=1S/C16H18N/c1-3-7-15(8-4-1)11-13-17-14-12-16-9-5-2-6-10-16/h1-10H,11-14H2. The van der Waals surface area contributed by atoms with Gasteiger partial charge in [0, 0.05) is 13.1 Å². The number of rotatable bonds is 6. The van der Waals surface area contributed by atoms with Gasteiger partial charge in [-0.2, -0.15) is 0 Å².